The lowest BCUT2D eigenvalue weighted by atomic mass is 10.1. The highest BCUT2D eigenvalue weighted by Gasteiger charge is 2.32. The standard InChI is InChI=1S/C20H17N5O3S/c1-12-18(23-22-13-7-9-14(26)10-8-13)19(27)25(24-12)20-21-16(11-29-20)15-5-3-4-6-17(15)28-2/h3-11,22,26H,1-2H3/b23-18-. The second-order valence-electron chi connectivity index (χ2n) is 6.14. The Kier molecular flexibility index (Phi) is 4.96. The number of hydrogen-bond acceptors (Lipinski definition) is 8. The number of aromatic hydroxyl groups is 1. The monoisotopic (exact) mass is 407 g/mol. The highest BCUT2D eigenvalue weighted by molar-refractivity contribution is 7.14. The van der Waals surface area contributed by atoms with Gasteiger partial charge in [-0.2, -0.15) is 15.2 Å². The van der Waals surface area contributed by atoms with E-state index in [1.165, 1.54) is 28.5 Å². The maximum Gasteiger partial charge on any atom is 0.303 e. The fraction of sp³-hybridized carbons (Fsp3) is 0.100. The largest absolute Gasteiger partial charge is 0.508 e. The third-order valence-electron chi connectivity index (χ3n) is 4.21. The highest BCUT2D eigenvalue weighted by Crippen LogP contribution is 2.34. The van der Waals surface area contributed by atoms with Crippen molar-refractivity contribution in [2.45, 2.75) is 6.92 Å². The number of benzene rings is 2. The minimum absolute atomic E-state index is 0.152. The van der Waals surface area contributed by atoms with E-state index in [4.69, 9.17) is 4.74 Å². The highest BCUT2D eigenvalue weighted by atomic mass is 32.1. The molecule has 9 heteroatoms. The van der Waals surface area contributed by atoms with Crippen molar-refractivity contribution in [3.05, 3.63) is 53.9 Å². The fourth-order valence-electron chi connectivity index (χ4n) is 2.75. The molecule has 2 heterocycles. The van der Waals surface area contributed by atoms with Crippen molar-refractivity contribution in [2.24, 2.45) is 10.2 Å². The molecule has 2 N–H and O–H groups in total. The number of thiazole rings is 1. The van der Waals surface area contributed by atoms with Gasteiger partial charge in [0.25, 0.3) is 0 Å². The summed E-state index contributed by atoms with van der Waals surface area (Å²) in [4.78, 5) is 17.4. The van der Waals surface area contributed by atoms with Gasteiger partial charge in [-0.15, -0.1) is 11.3 Å². The van der Waals surface area contributed by atoms with Crippen molar-refractivity contribution in [3.63, 3.8) is 0 Å². The molecule has 146 valence electrons. The van der Waals surface area contributed by atoms with Crippen molar-refractivity contribution >= 4 is 39.5 Å². The van der Waals surface area contributed by atoms with Gasteiger partial charge in [0, 0.05) is 10.9 Å². The van der Waals surface area contributed by atoms with Crippen molar-refractivity contribution in [2.75, 3.05) is 17.5 Å². The van der Waals surface area contributed by atoms with Gasteiger partial charge in [0.15, 0.2) is 5.71 Å². The Balaban J connectivity index is 1.56. The van der Waals surface area contributed by atoms with E-state index in [0.717, 1.165) is 5.56 Å². The van der Waals surface area contributed by atoms with Crippen LogP contribution in [0.25, 0.3) is 11.3 Å². The third kappa shape index (κ3) is 3.67. The SMILES string of the molecule is COc1ccccc1-c1csc(N2N=C(C)/C(=N/Nc3ccc(O)cc3)C2=O)n1. The van der Waals surface area contributed by atoms with Crippen molar-refractivity contribution in [1.29, 1.82) is 0 Å². The molecule has 0 radical (unpaired) electrons. The number of carbonyl (C=O) groups excluding carboxylic acids is 1. The summed E-state index contributed by atoms with van der Waals surface area (Å²) in [6, 6.07) is 13.9. The second kappa shape index (κ2) is 7.72. The van der Waals surface area contributed by atoms with Crippen molar-refractivity contribution in [1.82, 2.24) is 4.98 Å². The predicted molar refractivity (Wildman–Crippen MR) is 114 cm³/mol. The summed E-state index contributed by atoms with van der Waals surface area (Å²) in [7, 11) is 1.60. The van der Waals surface area contributed by atoms with E-state index >= 15 is 0 Å². The van der Waals surface area contributed by atoms with Crippen LogP contribution in [0.2, 0.25) is 0 Å². The number of phenols is 1. The Hall–Kier alpha value is -3.72. The maximum absolute atomic E-state index is 12.8. The predicted octanol–water partition coefficient (Wildman–Crippen LogP) is 3.71. The van der Waals surface area contributed by atoms with E-state index in [9.17, 15) is 9.90 Å². The Morgan fingerprint density at radius 3 is 2.69 bits per heavy atom. The molecule has 1 aromatic heterocycles. The Labute approximate surface area is 170 Å². The average molecular weight is 407 g/mol. The number of aromatic nitrogens is 1. The lowest BCUT2D eigenvalue weighted by Gasteiger charge is -2.07. The number of hydrogen-bond donors (Lipinski definition) is 2. The molecule has 3 aromatic rings. The molecule has 0 atom stereocenters. The van der Waals surface area contributed by atoms with Crippen molar-refractivity contribution in [3.8, 4) is 22.8 Å². The van der Waals surface area contributed by atoms with Crippen LogP contribution in [0.4, 0.5) is 10.8 Å². The van der Waals surface area contributed by atoms with E-state index in [0.29, 0.717) is 28.0 Å². The van der Waals surface area contributed by atoms with Crippen LogP contribution in [0.3, 0.4) is 0 Å². The topological polar surface area (TPSA) is 99.4 Å². The van der Waals surface area contributed by atoms with Crippen molar-refractivity contribution < 1.29 is 14.6 Å². The number of hydrazone groups is 2. The molecule has 0 unspecified atom stereocenters. The molecule has 2 aromatic carbocycles. The number of nitrogens with one attached hydrogen (secondary N) is 1. The van der Waals surface area contributed by atoms with E-state index in [2.05, 4.69) is 20.6 Å². The third-order valence-corrected chi connectivity index (χ3v) is 5.02. The van der Waals surface area contributed by atoms with E-state index in [-0.39, 0.29) is 17.4 Å². The fourth-order valence-corrected chi connectivity index (χ4v) is 3.53. The summed E-state index contributed by atoms with van der Waals surface area (Å²) in [6.07, 6.45) is 0. The summed E-state index contributed by atoms with van der Waals surface area (Å²) >= 11 is 1.31. The summed E-state index contributed by atoms with van der Waals surface area (Å²) in [5.74, 6) is 0.491. The molecule has 0 saturated carbocycles. The van der Waals surface area contributed by atoms with Crippen LogP contribution in [0, 0.1) is 0 Å². The summed E-state index contributed by atoms with van der Waals surface area (Å²) in [5, 5.41) is 21.4. The van der Waals surface area contributed by atoms with Crippen LogP contribution < -0.4 is 15.2 Å². The average Bonchev–Trinajstić information content (AvgIpc) is 3.32. The van der Waals surface area contributed by atoms with Gasteiger partial charge in [0.05, 0.1) is 24.2 Å². The number of ether oxygens (including phenoxy) is 1. The lowest BCUT2D eigenvalue weighted by molar-refractivity contribution is -0.112. The quantitative estimate of drug-likeness (QED) is 0.496. The van der Waals surface area contributed by atoms with Crippen LogP contribution in [-0.2, 0) is 4.79 Å². The smallest absolute Gasteiger partial charge is 0.303 e. The molecule has 8 nitrogen and oxygen atoms in total. The lowest BCUT2D eigenvalue weighted by Crippen LogP contribution is -2.27. The first-order chi connectivity index (χ1) is 14.1. The zero-order chi connectivity index (χ0) is 20.4. The molecular weight excluding hydrogens is 390 g/mol. The first kappa shape index (κ1) is 18.6. The van der Waals surface area contributed by atoms with Crippen LogP contribution in [0.5, 0.6) is 11.5 Å². The molecular formula is C20H17N5O3S. The van der Waals surface area contributed by atoms with Gasteiger partial charge >= 0.3 is 5.91 Å². The van der Waals surface area contributed by atoms with E-state index < -0.39 is 0 Å². The van der Waals surface area contributed by atoms with Gasteiger partial charge in [0.1, 0.15) is 11.5 Å². The molecule has 0 saturated heterocycles. The zero-order valence-electron chi connectivity index (χ0n) is 15.7. The van der Waals surface area contributed by atoms with Crippen LogP contribution >= 0.6 is 11.3 Å². The van der Waals surface area contributed by atoms with E-state index in [1.54, 1.807) is 26.2 Å². The minimum atomic E-state index is -0.366. The van der Waals surface area contributed by atoms with E-state index in [1.807, 2.05) is 29.6 Å². The molecule has 1 aliphatic heterocycles. The minimum Gasteiger partial charge on any atom is -0.508 e. The van der Waals surface area contributed by atoms with Crippen LogP contribution in [-0.4, -0.2) is 34.5 Å². The molecule has 0 spiro atoms. The summed E-state index contributed by atoms with van der Waals surface area (Å²) < 4.78 is 5.38. The Bertz CT molecular complexity index is 1120. The molecule has 0 bridgehead atoms. The van der Waals surface area contributed by atoms with Gasteiger partial charge in [0.2, 0.25) is 5.13 Å². The molecule has 1 amide bonds. The van der Waals surface area contributed by atoms with Gasteiger partial charge in [-0.25, -0.2) is 4.98 Å². The normalized spacial score (nSPS) is 15.0. The molecule has 0 aliphatic carbocycles. The summed E-state index contributed by atoms with van der Waals surface area (Å²) in [5.41, 5.74) is 5.68. The van der Waals surface area contributed by atoms with Crippen LogP contribution in [0.1, 0.15) is 6.92 Å². The van der Waals surface area contributed by atoms with Gasteiger partial charge < -0.3 is 9.84 Å². The number of amides is 1. The maximum atomic E-state index is 12.8. The molecule has 0 fully saturated rings. The molecule has 4 rings (SSSR count). The number of carbonyl (C=O) groups is 1. The summed E-state index contributed by atoms with van der Waals surface area (Å²) in [6.45, 7) is 1.71. The zero-order valence-corrected chi connectivity index (χ0v) is 16.5. The number of rotatable bonds is 5. The van der Waals surface area contributed by atoms with Gasteiger partial charge in [-0.05, 0) is 43.3 Å². The number of nitrogens with zero attached hydrogens (tertiary/aromatic N) is 4. The van der Waals surface area contributed by atoms with Crippen LogP contribution in [0.15, 0.2) is 64.1 Å². The number of phenolic OH excluding ortho intramolecular Hbond substituents is 1. The molecule has 29 heavy (non-hydrogen) atoms. The number of methoxy groups -OCH3 is 1. The number of anilines is 2. The van der Waals surface area contributed by atoms with Gasteiger partial charge in [-0.1, -0.05) is 12.1 Å². The number of para-hydroxylation sites is 1. The second-order valence-corrected chi connectivity index (χ2v) is 6.97. The van der Waals surface area contributed by atoms with Gasteiger partial charge in [-0.3, -0.25) is 10.2 Å². The first-order valence-electron chi connectivity index (χ1n) is 8.68. The Morgan fingerprint density at radius 2 is 1.93 bits per heavy atom. The Morgan fingerprint density at radius 1 is 1.17 bits per heavy atom. The molecule has 1 aliphatic rings. The first-order valence-corrected chi connectivity index (χ1v) is 9.56.